The van der Waals surface area contributed by atoms with Crippen LogP contribution in [0.3, 0.4) is 0 Å². The van der Waals surface area contributed by atoms with Gasteiger partial charge in [0.25, 0.3) is 5.91 Å². The molecule has 2 aliphatic rings. The lowest BCUT2D eigenvalue weighted by atomic mass is 10.2. The van der Waals surface area contributed by atoms with Crippen molar-refractivity contribution in [2.24, 2.45) is 0 Å². The molecule has 0 radical (unpaired) electrons. The third-order valence-electron chi connectivity index (χ3n) is 3.57. The molecule has 2 rings (SSSR count). The smallest absolute Gasteiger partial charge is 0.337 e. The lowest BCUT2D eigenvalue weighted by Crippen LogP contribution is -2.44. The average Bonchev–Trinajstić information content (AvgIpc) is 2.71. The fourth-order valence-corrected chi connectivity index (χ4v) is 2.45. The second kappa shape index (κ2) is 6.54. The second-order valence-corrected chi connectivity index (χ2v) is 5.10. The van der Waals surface area contributed by atoms with E-state index in [9.17, 15) is 14.4 Å². The number of imide groups is 3. The summed E-state index contributed by atoms with van der Waals surface area (Å²) in [6.07, 6.45) is 7.49. The van der Waals surface area contributed by atoms with E-state index in [0.29, 0.717) is 18.8 Å². The van der Waals surface area contributed by atoms with Gasteiger partial charge in [0, 0.05) is 13.1 Å². The molecule has 0 spiro atoms. The summed E-state index contributed by atoms with van der Waals surface area (Å²) >= 11 is 0. The van der Waals surface area contributed by atoms with Crippen molar-refractivity contribution in [3.8, 4) is 0 Å². The minimum absolute atomic E-state index is 0.349. The van der Waals surface area contributed by atoms with Gasteiger partial charge in [-0.2, -0.15) is 4.90 Å². The van der Waals surface area contributed by atoms with Gasteiger partial charge in [0.2, 0.25) is 0 Å². The summed E-state index contributed by atoms with van der Waals surface area (Å²) in [6, 6.07) is -1.13. The van der Waals surface area contributed by atoms with E-state index in [4.69, 9.17) is 0 Å². The number of amides is 5. The normalized spacial score (nSPS) is 18.1. The Bertz CT molecular complexity index is 445. The molecule has 0 aromatic heterocycles. The van der Waals surface area contributed by atoms with Crippen molar-refractivity contribution in [2.45, 2.75) is 45.4 Å². The summed E-state index contributed by atoms with van der Waals surface area (Å²) in [4.78, 5) is 38.2. The first kappa shape index (κ1) is 14.6. The van der Waals surface area contributed by atoms with Crippen LogP contribution < -0.4 is 5.32 Å². The summed E-state index contributed by atoms with van der Waals surface area (Å²) in [5.74, 6) is -0.499. The highest BCUT2D eigenvalue weighted by Gasteiger charge is 2.45. The highest BCUT2D eigenvalue weighted by Crippen LogP contribution is 2.25. The first-order valence-corrected chi connectivity index (χ1v) is 7.30. The Morgan fingerprint density at radius 1 is 1.30 bits per heavy atom. The molecular formula is C14H21N3O3. The zero-order valence-electron chi connectivity index (χ0n) is 11.9. The van der Waals surface area contributed by atoms with E-state index >= 15 is 0 Å². The fraction of sp³-hybridized carbons (Fsp3) is 0.643. The molecule has 0 unspecified atom stereocenters. The maximum atomic E-state index is 12.1. The van der Waals surface area contributed by atoms with Crippen molar-refractivity contribution < 1.29 is 14.4 Å². The summed E-state index contributed by atoms with van der Waals surface area (Å²) in [6.45, 7) is 3.12. The number of carbonyl (C=O) groups is 3. The lowest BCUT2D eigenvalue weighted by Gasteiger charge is -2.19. The Kier molecular flexibility index (Phi) is 4.76. The molecule has 6 nitrogen and oxygen atoms in total. The Morgan fingerprint density at radius 3 is 2.80 bits per heavy atom. The Labute approximate surface area is 118 Å². The molecule has 20 heavy (non-hydrogen) atoms. The van der Waals surface area contributed by atoms with Crippen molar-refractivity contribution in [1.82, 2.24) is 15.1 Å². The Balaban J connectivity index is 1.90. The quantitative estimate of drug-likeness (QED) is 0.619. The third kappa shape index (κ3) is 2.84. The molecule has 0 aromatic carbocycles. The number of rotatable bonds is 5. The standard InChI is InChI=1S/C14H21N3O3/c1-2-3-4-6-9-15-13(19)17-12(18)11-8-5-7-10-16(11)14(17)20/h8H,2-7,9-10H2,1H3,(H,15,19). The van der Waals surface area contributed by atoms with Crippen LogP contribution in [0.5, 0.6) is 0 Å². The highest BCUT2D eigenvalue weighted by molar-refractivity contribution is 6.21. The van der Waals surface area contributed by atoms with Crippen LogP contribution in [0.4, 0.5) is 9.59 Å². The summed E-state index contributed by atoms with van der Waals surface area (Å²) < 4.78 is 0. The first-order valence-electron chi connectivity index (χ1n) is 7.30. The van der Waals surface area contributed by atoms with E-state index in [1.165, 1.54) is 4.90 Å². The van der Waals surface area contributed by atoms with Gasteiger partial charge in [-0.1, -0.05) is 32.3 Å². The van der Waals surface area contributed by atoms with Gasteiger partial charge in [-0.05, 0) is 19.3 Å². The molecule has 0 bridgehead atoms. The topological polar surface area (TPSA) is 69.7 Å². The van der Waals surface area contributed by atoms with Gasteiger partial charge in [0.15, 0.2) is 0 Å². The second-order valence-electron chi connectivity index (χ2n) is 5.10. The maximum Gasteiger partial charge on any atom is 0.340 e. The van der Waals surface area contributed by atoms with Gasteiger partial charge in [-0.3, -0.25) is 9.69 Å². The van der Waals surface area contributed by atoms with Crippen LogP contribution in [0.25, 0.3) is 0 Å². The number of allylic oxidation sites excluding steroid dienone is 1. The molecule has 5 amide bonds. The number of unbranched alkanes of at least 4 members (excludes halogenated alkanes) is 3. The van der Waals surface area contributed by atoms with Crippen molar-refractivity contribution in [3.63, 3.8) is 0 Å². The van der Waals surface area contributed by atoms with Crippen LogP contribution in [0.1, 0.15) is 45.4 Å². The number of nitrogens with zero attached hydrogens (tertiary/aromatic N) is 2. The zero-order chi connectivity index (χ0) is 14.5. The minimum Gasteiger partial charge on any atom is -0.337 e. The molecule has 6 heteroatoms. The van der Waals surface area contributed by atoms with E-state index in [-0.39, 0.29) is 0 Å². The number of hydrogen-bond donors (Lipinski definition) is 1. The number of hydrogen-bond acceptors (Lipinski definition) is 3. The van der Waals surface area contributed by atoms with Crippen molar-refractivity contribution in [3.05, 3.63) is 11.8 Å². The summed E-state index contributed by atoms with van der Waals surface area (Å²) in [5.41, 5.74) is 0.349. The van der Waals surface area contributed by atoms with E-state index in [2.05, 4.69) is 12.2 Å². The number of urea groups is 2. The Morgan fingerprint density at radius 2 is 2.10 bits per heavy atom. The number of carbonyl (C=O) groups excluding carboxylic acids is 3. The molecule has 1 fully saturated rings. The van der Waals surface area contributed by atoms with Crippen LogP contribution in [0.2, 0.25) is 0 Å². The van der Waals surface area contributed by atoms with Gasteiger partial charge in [-0.15, -0.1) is 0 Å². The van der Waals surface area contributed by atoms with Crippen molar-refractivity contribution >= 4 is 18.0 Å². The fourth-order valence-electron chi connectivity index (χ4n) is 2.45. The molecule has 2 aliphatic heterocycles. The van der Waals surface area contributed by atoms with Crippen LogP contribution in [-0.4, -0.2) is 40.9 Å². The van der Waals surface area contributed by atoms with Gasteiger partial charge < -0.3 is 5.32 Å². The van der Waals surface area contributed by atoms with Crippen LogP contribution >= 0.6 is 0 Å². The maximum absolute atomic E-state index is 12.1. The molecule has 0 atom stereocenters. The van der Waals surface area contributed by atoms with Crippen LogP contribution in [-0.2, 0) is 4.79 Å². The van der Waals surface area contributed by atoms with Gasteiger partial charge in [-0.25, -0.2) is 9.59 Å². The minimum atomic E-state index is -0.605. The van der Waals surface area contributed by atoms with Gasteiger partial charge >= 0.3 is 12.1 Å². The molecule has 1 saturated heterocycles. The van der Waals surface area contributed by atoms with E-state index < -0.39 is 18.0 Å². The highest BCUT2D eigenvalue weighted by atomic mass is 16.2. The molecule has 0 aliphatic carbocycles. The van der Waals surface area contributed by atoms with E-state index in [0.717, 1.165) is 43.4 Å². The predicted octanol–water partition coefficient (Wildman–Crippen LogP) is 2.22. The van der Waals surface area contributed by atoms with E-state index in [1.807, 2.05) is 0 Å². The monoisotopic (exact) mass is 279 g/mol. The van der Waals surface area contributed by atoms with Crippen LogP contribution in [0.15, 0.2) is 11.8 Å². The van der Waals surface area contributed by atoms with E-state index in [1.54, 1.807) is 6.08 Å². The predicted molar refractivity (Wildman–Crippen MR) is 73.8 cm³/mol. The molecule has 0 aromatic rings. The summed E-state index contributed by atoms with van der Waals surface area (Å²) in [5, 5.41) is 2.65. The lowest BCUT2D eigenvalue weighted by molar-refractivity contribution is -0.121. The Hall–Kier alpha value is -1.85. The zero-order valence-corrected chi connectivity index (χ0v) is 11.9. The van der Waals surface area contributed by atoms with Gasteiger partial charge in [0.1, 0.15) is 5.70 Å². The average molecular weight is 279 g/mol. The number of nitrogens with one attached hydrogen (secondary N) is 1. The molecule has 1 N–H and O–H groups in total. The van der Waals surface area contributed by atoms with Gasteiger partial charge in [0.05, 0.1) is 0 Å². The summed E-state index contributed by atoms with van der Waals surface area (Å²) in [7, 11) is 0. The number of fused-ring (bicyclic) bond motifs is 1. The largest absolute Gasteiger partial charge is 0.340 e. The van der Waals surface area contributed by atoms with Crippen molar-refractivity contribution in [2.75, 3.05) is 13.1 Å². The molecular weight excluding hydrogens is 258 g/mol. The molecule has 2 heterocycles. The molecule has 0 saturated carbocycles. The van der Waals surface area contributed by atoms with Crippen LogP contribution in [0, 0.1) is 0 Å². The first-order chi connectivity index (χ1) is 9.66. The molecule has 110 valence electrons. The third-order valence-corrected chi connectivity index (χ3v) is 3.57. The SMILES string of the molecule is CCCCCCNC(=O)N1C(=O)C2=CCCCN2C1=O. The van der Waals surface area contributed by atoms with Crippen molar-refractivity contribution in [1.29, 1.82) is 0 Å².